The first-order valence-electron chi connectivity index (χ1n) is 6.57. The number of nitrogens with zero attached hydrogens (tertiary/aromatic N) is 1. The van der Waals surface area contributed by atoms with Crippen molar-refractivity contribution in [3.8, 4) is 0 Å². The second-order valence-electron chi connectivity index (χ2n) is 5.30. The van der Waals surface area contributed by atoms with Gasteiger partial charge in [0, 0.05) is 12.8 Å². The molecule has 1 aromatic carbocycles. The number of piperazine rings is 1. The maximum atomic E-state index is 12.3. The maximum absolute atomic E-state index is 12.3. The summed E-state index contributed by atoms with van der Waals surface area (Å²) in [6.07, 6.45) is 1.11. The molecule has 1 aliphatic heterocycles. The fourth-order valence-electron chi connectivity index (χ4n) is 2.45. The minimum atomic E-state index is -3.22. The predicted molar refractivity (Wildman–Crippen MR) is 78.2 cm³/mol. The highest BCUT2D eigenvalue weighted by Crippen LogP contribution is 2.30. The van der Waals surface area contributed by atoms with E-state index in [1.165, 1.54) is 4.90 Å². The van der Waals surface area contributed by atoms with Crippen molar-refractivity contribution in [1.82, 2.24) is 10.2 Å². The van der Waals surface area contributed by atoms with Gasteiger partial charge in [-0.1, -0.05) is 30.3 Å². The number of hydrogen-bond donors (Lipinski definition) is 1. The number of nitrogens with one attached hydrogen (secondary N) is 1. The Kier molecular flexibility index (Phi) is 4.04. The summed E-state index contributed by atoms with van der Waals surface area (Å²) in [5.74, 6) is -0.763. The third-order valence-electron chi connectivity index (χ3n) is 3.70. The first kappa shape index (κ1) is 15.5. The standard InChI is InChI=1S/C14H18N2O4S/c1-14(11-6-4-3-5-7-11)13(18)15-10-12(17)16(14)8-9-21(2,19)20/h3-7H,8-10H2,1-2H3,(H,15,18). The summed E-state index contributed by atoms with van der Waals surface area (Å²) in [4.78, 5) is 25.9. The maximum Gasteiger partial charge on any atom is 0.250 e. The Labute approximate surface area is 124 Å². The van der Waals surface area contributed by atoms with Crippen LogP contribution in [-0.4, -0.2) is 50.2 Å². The molecule has 1 atom stereocenters. The van der Waals surface area contributed by atoms with Crippen molar-refractivity contribution in [2.75, 3.05) is 25.1 Å². The van der Waals surface area contributed by atoms with Crippen LogP contribution in [0, 0.1) is 0 Å². The van der Waals surface area contributed by atoms with Gasteiger partial charge in [-0.05, 0) is 12.5 Å². The van der Waals surface area contributed by atoms with Crippen molar-refractivity contribution in [2.45, 2.75) is 12.5 Å². The molecular weight excluding hydrogens is 292 g/mol. The second-order valence-corrected chi connectivity index (χ2v) is 7.56. The highest BCUT2D eigenvalue weighted by molar-refractivity contribution is 7.90. The second kappa shape index (κ2) is 5.48. The molecule has 1 aliphatic rings. The molecule has 114 valence electrons. The Balaban J connectivity index is 2.41. The third-order valence-corrected chi connectivity index (χ3v) is 4.63. The number of benzene rings is 1. The third kappa shape index (κ3) is 3.07. The summed E-state index contributed by atoms with van der Waals surface area (Å²) in [6.45, 7) is 1.53. The minimum absolute atomic E-state index is 0.00349. The van der Waals surface area contributed by atoms with Crippen LogP contribution in [0.3, 0.4) is 0 Å². The summed E-state index contributed by atoms with van der Waals surface area (Å²) in [5.41, 5.74) is -0.537. The van der Waals surface area contributed by atoms with Gasteiger partial charge in [-0.25, -0.2) is 8.42 Å². The lowest BCUT2D eigenvalue weighted by molar-refractivity contribution is -0.153. The molecule has 2 amide bonds. The van der Waals surface area contributed by atoms with Gasteiger partial charge in [0.2, 0.25) is 5.91 Å². The van der Waals surface area contributed by atoms with E-state index >= 15 is 0 Å². The highest BCUT2D eigenvalue weighted by Gasteiger charge is 2.46. The quantitative estimate of drug-likeness (QED) is 0.842. The van der Waals surface area contributed by atoms with Gasteiger partial charge in [0.05, 0.1) is 12.3 Å². The summed E-state index contributed by atoms with van der Waals surface area (Å²) in [7, 11) is -3.22. The molecule has 0 aliphatic carbocycles. The molecular formula is C14H18N2O4S. The summed E-state index contributed by atoms with van der Waals surface area (Å²) in [5, 5.41) is 2.57. The van der Waals surface area contributed by atoms with Crippen LogP contribution in [0.15, 0.2) is 30.3 Å². The van der Waals surface area contributed by atoms with E-state index in [-0.39, 0.29) is 30.7 Å². The van der Waals surface area contributed by atoms with Crippen LogP contribution in [0.4, 0.5) is 0 Å². The Morgan fingerprint density at radius 2 is 1.86 bits per heavy atom. The van der Waals surface area contributed by atoms with Crippen molar-refractivity contribution in [2.24, 2.45) is 0 Å². The molecule has 0 aromatic heterocycles. The number of rotatable bonds is 4. The molecule has 1 saturated heterocycles. The summed E-state index contributed by atoms with van der Waals surface area (Å²) >= 11 is 0. The van der Waals surface area contributed by atoms with Gasteiger partial charge in [0.1, 0.15) is 15.4 Å². The van der Waals surface area contributed by atoms with Gasteiger partial charge < -0.3 is 10.2 Å². The van der Waals surface area contributed by atoms with Crippen molar-refractivity contribution >= 4 is 21.7 Å². The van der Waals surface area contributed by atoms with Gasteiger partial charge in [-0.2, -0.15) is 0 Å². The van der Waals surface area contributed by atoms with Crippen molar-refractivity contribution < 1.29 is 18.0 Å². The minimum Gasteiger partial charge on any atom is -0.345 e. The van der Waals surface area contributed by atoms with E-state index < -0.39 is 15.4 Å². The van der Waals surface area contributed by atoms with Gasteiger partial charge >= 0.3 is 0 Å². The van der Waals surface area contributed by atoms with E-state index in [1.54, 1.807) is 31.2 Å². The Hall–Kier alpha value is -1.89. The van der Waals surface area contributed by atoms with E-state index in [2.05, 4.69) is 5.32 Å². The number of carbonyl (C=O) groups excluding carboxylic acids is 2. The smallest absolute Gasteiger partial charge is 0.250 e. The molecule has 2 rings (SSSR count). The van der Waals surface area contributed by atoms with Gasteiger partial charge in [-0.3, -0.25) is 9.59 Å². The van der Waals surface area contributed by atoms with E-state index in [0.29, 0.717) is 5.56 Å². The molecule has 0 saturated carbocycles. The first-order valence-corrected chi connectivity index (χ1v) is 8.63. The summed E-state index contributed by atoms with van der Waals surface area (Å²) < 4.78 is 22.7. The topological polar surface area (TPSA) is 83.6 Å². The number of sulfone groups is 1. The van der Waals surface area contributed by atoms with Crippen LogP contribution in [0.5, 0.6) is 0 Å². The van der Waals surface area contributed by atoms with Crippen LogP contribution in [-0.2, 0) is 25.0 Å². The zero-order valence-electron chi connectivity index (χ0n) is 12.0. The van der Waals surface area contributed by atoms with Crippen LogP contribution in [0.25, 0.3) is 0 Å². The fraction of sp³-hybridized carbons (Fsp3) is 0.429. The molecule has 21 heavy (non-hydrogen) atoms. The van der Waals surface area contributed by atoms with Gasteiger partial charge in [-0.15, -0.1) is 0 Å². The zero-order valence-corrected chi connectivity index (χ0v) is 12.8. The average molecular weight is 310 g/mol. The van der Waals surface area contributed by atoms with Crippen molar-refractivity contribution in [3.05, 3.63) is 35.9 Å². The molecule has 0 spiro atoms. The molecule has 1 unspecified atom stereocenters. The van der Waals surface area contributed by atoms with Crippen LogP contribution in [0.1, 0.15) is 12.5 Å². The highest BCUT2D eigenvalue weighted by atomic mass is 32.2. The normalized spacial score (nSPS) is 23.0. The number of carbonyl (C=O) groups is 2. The largest absolute Gasteiger partial charge is 0.345 e. The van der Waals surface area contributed by atoms with Gasteiger partial charge in [0.15, 0.2) is 0 Å². The molecule has 0 radical (unpaired) electrons. The molecule has 1 aromatic rings. The Morgan fingerprint density at radius 1 is 1.24 bits per heavy atom. The fourth-order valence-corrected chi connectivity index (χ4v) is 2.96. The van der Waals surface area contributed by atoms with E-state index in [1.807, 2.05) is 6.07 Å². The van der Waals surface area contributed by atoms with E-state index in [0.717, 1.165) is 6.26 Å². The molecule has 6 nitrogen and oxygen atoms in total. The molecule has 1 fully saturated rings. The Morgan fingerprint density at radius 3 is 2.43 bits per heavy atom. The van der Waals surface area contributed by atoms with E-state index in [4.69, 9.17) is 0 Å². The lowest BCUT2D eigenvalue weighted by atomic mass is 9.87. The lowest BCUT2D eigenvalue weighted by Crippen LogP contribution is -2.64. The SMILES string of the molecule is CC1(c2ccccc2)C(=O)NCC(=O)N1CCS(C)(=O)=O. The van der Waals surface area contributed by atoms with Crippen LogP contribution < -0.4 is 5.32 Å². The average Bonchev–Trinajstić information content (AvgIpc) is 2.43. The molecule has 7 heteroatoms. The van der Waals surface area contributed by atoms with Gasteiger partial charge in [0.25, 0.3) is 5.91 Å². The molecule has 1 heterocycles. The van der Waals surface area contributed by atoms with Crippen molar-refractivity contribution in [3.63, 3.8) is 0 Å². The Bertz CT molecular complexity index is 657. The predicted octanol–water partition coefficient (Wildman–Crippen LogP) is -0.0952. The molecule has 0 bridgehead atoms. The molecule has 1 N–H and O–H groups in total. The van der Waals surface area contributed by atoms with Crippen molar-refractivity contribution in [1.29, 1.82) is 0 Å². The summed E-state index contributed by atoms with van der Waals surface area (Å²) in [6, 6.07) is 8.89. The monoisotopic (exact) mass is 310 g/mol. The van der Waals surface area contributed by atoms with E-state index in [9.17, 15) is 18.0 Å². The van der Waals surface area contributed by atoms with Crippen LogP contribution >= 0.6 is 0 Å². The number of amides is 2. The van der Waals surface area contributed by atoms with Crippen LogP contribution in [0.2, 0.25) is 0 Å². The number of hydrogen-bond acceptors (Lipinski definition) is 4. The first-order chi connectivity index (χ1) is 9.75. The lowest BCUT2D eigenvalue weighted by Gasteiger charge is -2.43. The zero-order chi connectivity index (χ0) is 15.7.